The summed E-state index contributed by atoms with van der Waals surface area (Å²) < 4.78 is 1.69. The van der Waals surface area contributed by atoms with Crippen LogP contribution in [0.5, 0.6) is 0 Å². The van der Waals surface area contributed by atoms with E-state index in [1.807, 2.05) is 19.1 Å². The molecule has 1 N–H and O–H groups in total. The molecule has 0 unspecified atom stereocenters. The topological polar surface area (TPSA) is 111 Å². The van der Waals surface area contributed by atoms with Crippen LogP contribution in [-0.4, -0.2) is 41.1 Å². The summed E-state index contributed by atoms with van der Waals surface area (Å²) in [6.45, 7) is 2.13. The molecule has 0 saturated heterocycles. The van der Waals surface area contributed by atoms with Crippen LogP contribution in [0.25, 0.3) is 16.9 Å². The molecule has 1 aliphatic rings. The Hall–Kier alpha value is -3.72. The molecule has 4 aromatic rings. The molecule has 0 aliphatic heterocycles. The summed E-state index contributed by atoms with van der Waals surface area (Å²) in [5.41, 5.74) is 4.11. The van der Waals surface area contributed by atoms with Gasteiger partial charge in [-0.3, -0.25) is 19.7 Å². The standard InChI is InChI=1S/C22H19ClN8O/c1-13-9-25-18(11-24-13)12-27-22(32)16-6-15(20-5-4-17(23)10-26-20)7-19(8-16)31-21(14-2-3-14)28-29-30-31/h4-11,14H,2-3,12H2,1H3,(H,27,32). The van der Waals surface area contributed by atoms with Crippen molar-refractivity contribution < 1.29 is 4.79 Å². The molecule has 10 heteroatoms. The Balaban J connectivity index is 1.49. The number of halogens is 1. The third kappa shape index (κ3) is 4.33. The molecule has 32 heavy (non-hydrogen) atoms. The number of amides is 1. The van der Waals surface area contributed by atoms with Crippen LogP contribution in [0.15, 0.2) is 48.9 Å². The molecule has 3 aromatic heterocycles. The highest BCUT2D eigenvalue weighted by Crippen LogP contribution is 2.39. The molecule has 0 atom stereocenters. The van der Waals surface area contributed by atoms with Crippen LogP contribution in [0.2, 0.25) is 5.02 Å². The highest BCUT2D eigenvalue weighted by molar-refractivity contribution is 6.30. The van der Waals surface area contributed by atoms with Gasteiger partial charge in [0.1, 0.15) is 0 Å². The lowest BCUT2D eigenvalue weighted by molar-refractivity contribution is 0.0950. The van der Waals surface area contributed by atoms with E-state index in [2.05, 4.69) is 35.8 Å². The average molecular weight is 447 g/mol. The van der Waals surface area contributed by atoms with Gasteiger partial charge in [-0.2, -0.15) is 4.68 Å². The van der Waals surface area contributed by atoms with Crippen LogP contribution in [0, 0.1) is 6.92 Å². The molecule has 0 radical (unpaired) electrons. The molecular formula is C22H19ClN8O. The highest BCUT2D eigenvalue weighted by Gasteiger charge is 2.30. The van der Waals surface area contributed by atoms with E-state index in [4.69, 9.17) is 11.6 Å². The number of nitrogens with zero attached hydrogens (tertiary/aromatic N) is 7. The predicted molar refractivity (Wildman–Crippen MR) is 117 cm³/mol. The first-order valence-electron chi connectivity index (χ1n) is 10.2. The van der Waals surface area contributed by atoms with E-state index in [1.165, 1.54) is 0 Å². The number of carbonyl (C=O) groups is 1. The van der Waals surface area contributed by atoms with Crippen molar-refractivity contribution in [3.8, 4) is 16.9 Å². The van der Waals surface area contributed by atoms with E-state index >= 15 is 0 Å². The second kappa shape index (κ2) is 8.43. The molecule has 1 amide bonds. The smallest absolute Gasteiger partial charge is 0.251 e. The van der Waals surface area contributed by atoms with Gasteiger partial charge in [0.25, 0.3) is 5.91 Å². The second-order valence-electron chi connectivity index (χ2n) is 7.69. The molecule has 1 aliphatic carbocycles. The summed E-state index contributed by atoms with van der Waals surface area (Å²) in [6, 6.07) is 9.06. The van der Waals surface area contributed by atoms with Crippen LogP contribution >= 0.6 is 11.6 Å². The molecule has 3 heterocycles. The first kappa shape index (κ1) is 20.2. The summed E-state index contributed by atoms with van der Waals surface area (Å²) in [7, 11) is 0. The maximum atomic E-state index is 13.0. The number of benzene rings is 1. The van der Waals surface area contributed by atoms with Crippen LogP contribution in [0.3, 0.4) is 0 Å². The van der Waals surface area contributed by atoms with Gasteiger partial charge in [-0.05, 0) is 60.5 Å². The highest BCUT2D eigenvalue weighted by atomic mass is 35.5. The predicted octanol–water partition coefficient (Wildman–Crippen LogP) is 3.28. The molecule has 1 aromatic carbocycles. The Labute approximate surface area is 188 Å². The molecule has 0 bridgehead atoms. The van der Waals surface area contributed by atoms with E-state index in [9.17, 15) is 4.79 Å². The zero-order chi connectivity index (χ0) is 22.1. The van der Waals surface area contributed by atoms with Gasteiger partial charge < -0.3 is 5.32 Å². The van der Waals surface area contributed by atoms with Crippen molar-refractivity contribution in [2.75, 3.05) is 0 Å². The quantitative estimate of drug-likeness (QED) is 0.483. The van der Waals surface area contributed by atoms with Crippen molar-refractivity contribution in [3.05, 3.63) is 76.7 Å². The van der Waals surface area contributed by atoms with Gasteiger partial charge >= 0.3 is 0 Å². The van der Waals surface area contributed by atoms with E-state index in [0.717, 1.165) is 29.9 Å². The molecule has 1 fully saturated rings. The number of aromatic nitrogens is 7. The summed E-state index contributed by atoms with van der Waals surface area (Å²) in [6.07, 6.45) is 7.01. The van der Waals surface area contributed by atoms with Gasteiger partial charge in [0.2, 0.25) is 0 Å². The number of pyridine rings is 1. The summed E-state index contributed by atoms with van der Waals surface area (Å²) >= 11 is 6.00. The van der Waals surface area contributed by atoms with Crippen LogP contribution in [-0.2, 0) is 6.54 Å². The number of tetrazole rings is 1. The van der Waals surface area contributed by atoms with Gasteiger partial charge in [0.15, 0.2) is 5.82 Å². The summed E-state index contributed by atoms with van der Waals surface area (Å²) in [4.78, 5) is 25.9. The average Bonchev–Trinajstić information content (AvgIpc) is 3.54. The van der Waals surface area contributed by atoms with Crippen LogP contribution in [0.1, 0.15) is 46.3 Å². The van der Waals surface area contributed by atoms with Crippen molar-refractivity contribution >= 4 is 17.5 Å². The van der Waals surface area contributed by atoms with Crippen molar-refractivity contribution in [1.29, 1.82) is 0 Å². The van der Waals surface area contributed by atoms with Gasteiger partial charge in [0, 0.05) is 29.4 Å². The normalized spacial score (nSPS) is 13.2. The number of aryl methyl sites for hydroxylation is 1. The number of hydrogen-bond acceptors (Lipinski definition) is 7. The minimum absolute atomic E-state index is 0.245. The van der Waals surface area contributed by atoms with Gasteiger partial charge in [0.05, 0.1) is 40.5 Å². The lowest BCUT2D eigenvalue weighted by Crippen LogP contribution is -2.23. The molecule has 9 nitrogen and oxygen atoms in total. The Bertz CT molecular complexity index is 1270. The molecule has 160 valence electrons. The minimum atomic E-state index is -0.245. The molecular weight excluding hydrogens is 428 g/mol. The van der Waals surface area contributed by atoms with Crippen LogP contribution in [0.4, 0.5) is 0 Å². The molecule has 1 saturated carbocycles. The second-order valence-corrected chi connectivity index (χ2v) is 8.12. The monoisotopic (exact) mass is 446 g/mol. The number of carbonyl (C=O) groups excluding carboxylic acids is 1. The maximum absolute atomic E-state index is 13.0. The fourth-order valence-electron chi connectivity index (χ4n) is 3.32. The van der Waals surface area contributed by atoms with E-state index < -0.39 is 0 Å². The summed E-state index contributed by atoms with van der Waals surface area (Å²) in [5.74, 6) is 0.901. The van der Waals surface area contributed by atoms with Crippen molar-refractivity contribution in [2.45, 2.75) is 32.2 Å². The van der Waals surface area contributed by atoms with E-state index in [1.54, 1.807) is 41.5 Å². The summed E-state index contributed by atoms with van der Waals surface area (Å²) in [5, 5.41) is 15.6. The maximum Gasteiger partial charge on any atom is 0.251 e. The fourth-order valence-corrected chi connectivity index (χ4v) is 3.43. The van der Waals surface area contributed by atoms with E-state index in [-0.39, 0.29) is 12.5 Å². The van der Waals surface area contributed by atoms with E-state index in [0.29, 0.717) is 33.6 Å². The first-order chi connectivity index (χ1) is 15.6. The Morgan fingerprint density at radius 2 is 2.00 bits per heavy atom. The zero-order valence-corrected chi connectivity index (χ0v) is 18.0. The molecule has 5 rings (SSSR count). The minimum Gasteiger partial charge on any atom is -0.346 e. The Kier molecular flexibility index (Phi) is 5.32. The number of hydrogen-bond donors (Lipinski definition) is 1. The zero-order valence-electron chi connectivity index (χ0n) is 17.2. The third-order valence-electron chi connectivity index (χ3n) is 5.15. The van der Waals surface area contributed by atoms with Crippen molar-refractivity contribution in [3.63, 3.8) is 0 Å². The number of rotatable bonds is 6. The van der Waals surface area contributed by atoms with Crippen molar-refractivity contribution in [2.24, 2.45) is 0 Å². The number of nitrogens with one attached hydrogen (secondary N) is 1. The van der Waals surface area contributed by atoms with Crippen molar-refractivity contribution in [1.82, 2.24) is 40.5 Å². The Morgan fingerprint density at radius 1 is 1.12 bits per heavy atom. The van der Waals surface area contributed by atoms with Gasteiger partial charge in [-0.15, -0.1) is 5.10 Å². The Morgan fingerprint density at radius 3 is 2.72 bits per heavy atom. The lowest BCUT2D eigenvalue weighted by atomic mass is 10.0. The lowest BCUT2D eigenvalue weighted by Gasteiger charge is -2.11. The fraction of sp³-hybridized carbons (Fsp3) is 0.227. The first-order valence-corrected chi connectivity index (χ1v) is 10.6. The largest absolute Gasteiger partial charge is 0.346 e. The SMILES string of the molecule is Cc1cnc(CNC(=O)c2cc(-c3ccc(Cl)cn3)cc(-n3nnnc3C3CC3)c2)cn1. The van der Waals surface area contributed by atoms with Crippen LogP contribution < -0.4 is 5.32 Å². The third-order valence-corrected chi connectivity index (χ3v) is 5.37. The van der Waals surface area contributed by atoms with Gasteiger partial charge in [-0.1, -0.05) is 11.6 Å². The molecule has 0 spiro atoms. The van der Waals surface area contributed by atoms with Gasteiger partial charge in [-0.25, -0.2) is 0 Å².